The number of hydrogen-bond donors (Lipinski definition) is 1. The van der Waals surface area contributed by atoms with Gasteiger partial charge in [0.25, 0.3) is 11.5 Å². The first-order chi connectivity index (χ1) is 17.9. The number of hydrogen-bond acceptors (Lipinski definition) is 5. The Labute approximate surface area is 214 Å². The average Bonchev–Trinajstić information content (AvgIpc) is 3.22. The normalized spacial score (nSPS) is 14.5. The van der Waals surface area contributed by atoms with E-state index in [1.807, 2.05) is 38.1 Å². The van der Waals surface area contributed by atoms with E-state index in [-0.39, 0.29) is 41.4 Å². The Morgan fingerprint density at radius 3 is 2.62 bits per heavy atom. The Morgan fingerprint density at radius 2 is 1.89 bits per heavy atom. The van der Waals surface area contributed by atoms with Crippen LogP contribution in [0, 0.1) is 5.92 Å². The highest BCUT2D eigenvalue weighted by Gasteiger charge is 2.21. The topological polar surface area (TPSA) is 99.6 Å². The molecule has 1 fully saturated rings. The summed E-state index contributed by atoms with van der Waals surface area (Å²) in [6.45, 7) is 4.66. The van der Waals surface area contributed by atoms with Crippen LogP contribution in [0.4, 0.5) is 0 Å². The summed E-state index contributed by atoms with van der Waals surface area (Å²) in [5.41, 5.74) is 1.06. The molecule has 37 heavy (non-hydrogen) atoms. The van der Waals surface area contributed by atoms with Gasteiger partial charge in [-0.2, -0.15) is 0 Å². The number of rotatable bonds is 7. The summed E-state index contributed by atoms with van der Waals surface area (Å²) in [6, 6.07) is 12.6. The van der Waals surface area contributed by atoms with Gasteiger partial charge in [-0.05, 0) is 54.7 Å². The maximum Gasteiger partial charge on any atom is 0.352 e. The van der Waals surface area contributed by atoms with Crippen molar-refractivity contribution in [3.63, 3.8) is 0 Å². The van der Waals surface area contributed by atoms with Gasteiger partial charge in [-0.15, -0.1) is 5.10 Å². The minimum atomic E-state index is -0.370. The second kappa shape index (κ2) is 10.2. The van der Waals surface area contributed by atoms with Gasteiger partial charge in [-0.25, -0.2) is 13.9 Å². The molecular weight excluding hydrogens is 470 g/mol. The van der Waals surface area contributed by atoms with Crippen LogP contribution in [0.5, 0.6) is 5.75 Å². The Kier molecular flexibility index (Phi) is 6.86. The zero-order valence-corrected chi connectivity index (χ0v) is 21.6. The van der Waals surface area contributed by atoms with Crippen molar-refractivity contribution in [2.75, 3.05) is 7.11 Å². The number of ether oxygens (including phenoxy) is 1. The molecule has 2 heterocycles. The molecule has 1 N–H and O–H groups in total. The molecule has 4 aromatic rings. The summed E-state index contributed by atoms with van der Waals surface area (Å²) in [5, 5.41) is 8.08. The van der Waals surface area contributed by atoms with E-state index in [1.165, 1.54) is 15.5 Å². The number of amides is 1. The van der Waals surface area contributed by atoms with Crippen molar-refractivity contribution in [3.05, 3.63) is 74.4 Å². The van der Waals surface area contributed by atoms with Crippen LogP contribution in [0.15, 0.2) is 52.1 Å². The van der Waals surface area contributed by atoms with Crippen LogP contribution >= 0.6 is 0 Å². The van der Waals surface area contributed by atoms with Gasteiger partial charge >= 0.3 is 5.69 Å². The second-order valence-electron chi connectivity index (χ2n) is 10.3. The van der Waals surface area contributed by atoms with Gasteiger partial charge < -0.3 is 10.1 Å². The van der Waals surface area contributed by atoms with Gasteiger partial charge in [0.05, 0.1) is 24.6 Å². The lowest BCUT2D eigenvalue weighted by Gasteiger charge is -2.22. The molecule has 0 unspecified atom stereocenters. The number of nitrogens with one attached hydrogen (secondary N) is 1. The van der Waals surface area contributed by atoms with Crippen molar-refractivity contribution >= 4 is 22.6 Å². The van der Waals surface area contributed by atoms with Crippen LogP contribution in [0.1, 0.15) is 61.9 Å². The standard InChI is InChI=1S/C28H33N5O4/c1-18(2)16-31-26(35)23-13-12-20(25(34)29-21-9-5-4-6-10-21)15-24(23)33-27(31)30-32(28(33)36)17-19-8-7-11-22(14-19)37-3/h7-8,11-15,18,21H,4-6,9-10,16-17H2,1-3H3,(H,29,34). The van der Waals surface area contributed by atoms with Crippen LogP contribution in [0.25, 0.3) is 16.7 Å². The summed E-state index contributed by atoms with van der Waals surface area (Å²) in [6.07, 6.45) is 5.37. The fourth-order valence-corrected chi connectivity index (χ4v) is 5.15. The Morgan fingerprint density at radius 1 is 1.11 bits per heavy atom. The summed E-state index contributed by atoms with van der Waals surface area (Å²) in [5.74, 6) is 0.928. The number of fused-ring (bicyclic) bond motifs is 3. The quantitative estimate of drug-likeness (QED) is 0.416. The van der Waals surface area contributed by atoms with E-state index in [1.54, 1.807) is 29.9 Å². The number of nitrogens with zero attached hydrogens (tertiary/aromatic N) is 4. The van der Waals surface area contributed by atoms with Gasteiger partial charge in [-0.1, -0.05) is 45.2 Å². The Bertz CT molecular complexity index is 1570. The van der Waals surface area contributed by atoms with Gasteiger partial charge in [0.1, 0.15) is 5.75 Å². The average molecular weight is 504 g/mol. The highest BCUT2D eigenvalue weighted by molar-refractivity contribution is 5.98. The molecular formula is C28H33N5O4. The summed E-state index contributed by atoms with van der Waals surface area (Å²) >= 11 is 0. The van der Waals surface area contributed by atoms with Crippen molar-refractivity contribution in [2.24, 2.45) is 5.92 Å². The van der Waals surface area contributed by atoms with Crippen LogP contribution in [0.3, 0.4) is 0 Å². The summed E-state index contributed by atoms with van der Waals surface area (Å²) < 4.78 is 9.68. The SMILES string of the molecule is COc1cccc(Cn2nc3n(CC(C)C)c(=O)c4ccc(C(=O)NC5CCCCC5)cc4n3c2=O)c1. The third-order valence-electron chi connectivity index (χ3n) is 6.99. The fraction of sp³-hybridized carbons (Fsp3) is 0.429. The molecule has 9 heteroatoms. The molecule has 0 aliphatic heterocycles. The largest absolute Gasteiger partial charge is 0.497 e. The zero-order valence-electron chi connectivity index (χ0n) is 21.6. The van der Waals surface area contributed by atoms with Gasteiger partial charge in [0.2, 0.25) is 5.78 Å². The summed E-state index contributed by atoms with van der Waals surface area (Å²) in [7, 11) is 1.59. The Balaban J connectivity index is 1.64. The van der Waals surface area contributed by atoms with Gasteiger partial charge in [0.15, 0.2) is 0 Å². The summed E-state index contributed by atoms with van der Waals surface area (Å²) in [4.78, 5) is 40.3. The van der Waals surface area contributed by atoms with E-state index in [0.29, 0.717) is 28.8 Å². The first-order valence-electron chi connectivity index (χ1n) is 13.0. The molecule has 1 amide bonds. The van der Waals surface area contributed by atoms with Crippen molar-refractivity contribution in [3.8, 4) is 5.75 Å². The molecule has 2 aromatic carbocycles. The first-order valence-corrected chi connectivity index (χ1v) is 13.0. The highest BCUT2D eigenvalue weighted by Crippen LogP contribution is 2.20. The fourth-order valence-electron chi connectivity index (χ4n) is 5.15. The van der Waals surface area contributed by atoms with E-state index in [9.17, 15) is 14.4 Å². The molecule has 2 aromatic heterocycles. The molecule has 5 rings (SSSR count). The first kappa shape index (κ1) is 24.8. The van der Waals surface area contributed by atoms with E-state index in [2.05, 4.69) is 10.4 Å². The van der Waals surface area contributed by atoms with Crippen molar-refractivity contribution in [2.45, 2.75) is 65.1 Å². The van der Waals surface area contributed by atoms with Gasteiger partial charge in [0, 0.05) is 18.2 Å². The third kappa shape index (κ3) is 4.90. The number of carbonyl (C=O) groups is 1. The maximum absolute atomic E-state index is 13.7. The smallest absolute Gasteiger partial charge is 0.352 e. The van der Waals surface area contributed by atoms with E-state index >= 15 is 0 Å². The minimum absolute atomic E-state index is 0.157. The number of benzene rings is 2. The minimum Gasteiger partial charge on any atom is -0.497 e. The molecule has 0 atom stereocenters. The molecule has 0 saturated heterocycles. The lowest BCUT2D eigenvalue weighted by molar-refractivity contribution is 0.0928. The van der Waals surface area contributed by atoms with E-state index < -0.39 is 0 Å². The van der Waals surface area contributed by atoms with Crippen molar-refractivity contribution in [1.82, 2.24) is 24.1 Å². The molecule has 0 bridgehead atoms. The lowest BCUT2D eigenvalue weighted by Crippen LogP contribution is -2.36. The Hall–Kier alpha value is -3.88. The predicted octanol–water partition coefficient (Wildman–Crippen LogP) is 3.59. The molecule has 1 aliphatic rings. The molecule has 9 nitrogen and oxygen atoms in total. The van der Waals surface area contributed by atoms with E-state index in [4.69, 9.17) is 4.74 Å². The number of aromatic nitrogens is 4. The number of carbonyl (C=O) groups excluding carboxylic acids is 1. The van der Waals surface area contributed by atoms with Crippen LogP contribution < -0.4 is 21.3 Å². The monoisotopic (exact) mass is 503 g/mol. The second-order valence-corrected chi connectivity index (χ2v) is 10.3. The van der Waals surface area contributed by atoms with Crippen LogP contribution in [-0.4, -0.2) is 37.8 Å². The number of methoxy groups -OCH3 is 1. The van der Waals surface area contributed by atoms with Crippen LogP contribution in [0.2, 0.25) is 0 Å². The third-order valence-corrected chi connectivity index (χ3v) is 6.99. The van der Waals surface area contributed by atoms with Crippen molar-refractivity contribution in [1.29, 1.82) is 0 Å². The maximum atomic E-state index is 13.7. The predicted molar refractivity (Wildman–Crippen MR) is 142 cm³/mol. The molecule has 0 radical (unpaired) electrons. The molecule has 0 spiro atoms. The molecule has 1 saturated carbocycles. The zero-order chi connectivity index (χ0) is 26.1. The lowest BCUT2D eigenvalue weighted by atomic mass is 9.95. The van der Waals surface area contributed by atoms with E-state index in [0.717, 1.165) is 31.2 Å². The van der Waals surface area contributed by atoms with Crippen molar-refractivity contribution < 1.29 is 9.53 Å². The molecule has 1 aliphatic carbocycles. The van der Waals surface area contributed by atoms with Crippen LogP contribution in [-0.2, 0) is 13.1 Å². The van der Waals surface area contributed by atoms with Gasteiger partial charge in [-0.3, -0.25) is 14.2 Å². The molecule has 194 valence electrons. The highest BCUT2D eigenvalue weighted by atomic mass is 16.5.